The van der Waals surface area contributed by atoms with E-state index in [9.17, 15) is 8.78 Å². The van der Waals surface area contributed by atoms with Crippen LogP contribution in [-0.2, 0) is 7.05 Å². The SMILES string of the molecule is C/C(=N\Nc1nc2cc(F)c(F)cc2n1C)c1cocn1. The van der Waals surface area contributed by atoms with Gasteiger partial charge in [-0.2, -0.15) is 5.10 Å². The number of anilines is 1. The molecular weight excluding hydrogens is 280 g/mol. The van der Waals surface area contributed by atoms with E-state index in [4.69, 9.17) is 4.42 Å². The average Bonchev–Trinajstić information content (AvgIpc) is 3.08. The van der Waals surface area contributed by atoms with Crippen molar-refractivity contribution in [3.63, 3.8) is 0 Å². The largest absolute Gasteiger partial charge is 0.451 e. The smallest absolute Gasteiger partial charge is 0.224 e. The highest BCUT2D eigenvalue weighted by atomic mass is 19.2. The summed E-state index contributed by atoms with van der Waals surface area (Å²) in [4.78, 5) is 8.11. The molecule has 0 aliphatic heterocycles. The molecule has 0 fully saturated rings. The highest BCUT2D eigenvalue weighted by Crippen LogP contribution is 2.21. The summed E-state index contributed by atoms with van der Waals surface area (Å²) in [6, 6.07) is 2.14. The highest BCUT2D eigenvalue weighted by molar-refractivity contribution is 5.97. The number of fused-ring (bicyclic) bond motifs is 1. The molecule has 0 saturated carbocycles. The molecule has 0 radical (unpaired) electrons. The van der Waals surface area contributed by atoms with Crippen molar-refractivity contribution in [2.75, 3.05) is 5.43 Å². The lowest BCUT2D eigenvalue weighted by Crippen LogP contribution is -2.03. The first kappa shape index (κ1) is 13.2. The number of halogens is 2. The Bertz CT molecular complexity index is 823. The fraction of sp³-hybridized carbons (Fsp3) is 0.154. The first-order valence-corrected chi connectivity index (χ1v) is 6.06. The van der Waals surface area contributed by atoms with E-state index in [1.807, 2.05) is 0 Å². The van der Waals surface area contributed by atoms with Crippen molar-refractivity contribution in [3.05, 3.63) is 42.1 Å². The maximum absolute atomic E-state index is 13.3. The number of oxazole rings is 1. The fourth-order valence-electron chi connectivity index (χ4n) is 1.87. The summed E-state index contributed by atoms with van der Waals surface area (Å²) >= 11 is 0. The summed E-state index contributed by atoms with van der Waals surface area (Å²) in [5, 5.41) is 4.11. The summed E-state index contributed by atoms with van der Waals surface area (Å²) in [6.07, 6.45) is 2.76. The Balaban J connectivity index is 1.94. The summed E-state index contributed by atoms with van der Waals surface area (Å²) in [5.41, 5.74) is 4.72. The van der Waals surface area contributed by atoms with Crippen molar-refractivity contribution in [1.29, 1.82) is 0 Å². The zero-order chi connectivity index (χ0) is 15.0. The van der Waals surface area contributed by atoms with Crippen LogP contribution in [0.4, 0.5) is 14.7 Å². The van der Waals surface area contributed by atoms with Gasteiger partial charge in [-0.3, -0.25) is 0 Å². The number of hydrogen-bond acceptors (Lipinski definition) is 5. The van der Waals surface area contributed by atoms with Crippen molar-refractivity contribution >= 4 is 22.7 Å². The monoisotopic (exact) mass is 291 g/mol. The molecule has 0 spiro atoms. The molecule has 108 valence electrons. The Morgan fingerprint density at radius 3 is 2.81 bits per heavy atom. The quantitative estimate of drug-likeness (QED) is 0.595. The maximum atomic E-state index is 13.3. The zero-order valence-electron chi connectivity index (χ0n) is 11.3. The lowest BCUT2D eigenvalue weighted by Gasteiger charge is -2.02. The van der Waals surface area contributed by atoms with Crippen LogP contribution in [0.2, 0.25) is 0 Å². The van der Waals surface area contributed by atoms with Crippen LogP contribution >= 0.6 is 0 Å². The van der Waals surface area contributed by atoms with E-state index in [1.54, 1.807) is 18.5 Å². The van der Waals surface area contributed by atoms with E-state index in [-0.39, 0.29) is 0 Å². The third-order valence-electron chi connectivity index (χ3n) is 3.05. The molecule has 2 heterocycles. The van der Waals surface area contributed by atoms with Gasteiger partial charge in [0, 0.05) is 19.2 Å². The Hall–Kier alpha value is -2.77. The molecule has 1 N–H and O–H groups in total. The summed E-state index contributed by atoms with van der Waals surface area (Å²) < 4.78 is 32.9. The Morgan fingerprint density at radius 2 is 2.10 bits per heavy atom. The second-order valence-corrected chi connectivity index (χ2v) is 4.43. The zero-order valence-corrected chi connectivity index (χ0v) is 11.3. The van der Waals surface area contributed by atoms with Gasteiger partial charge in [-0.15, -0.1) is 0 Å². The molecule has 0 atom stereocenters. The van der Waals surface area contributed by atoms with Crippen molar-refractivity contribution < 1.29 is 13.2 Å². The first-order chi connectivity index (χ1) is 10.1. The van der Waals surface area contributed by atoms with Crippen LogP contribution in [0.5, 0.6) is 0 Å². The lowest BCUT2D eigenvalue weighted by molar-refractivity contribution is 0.510. The molecule has 0 amide bonds. The van der Waals surface area contributed by atoms with Crippen LogP contribution in [0.1, 0.15) is 12.6 Å². The van der Waals surface area contributed by atoms with Gasteiger partial charge in [-0.05, 0) is 6.92 Å². The van der Waals surface area contributed by atoms with Crippen LogP contribution in [0.25, 0.3) is 11.0 Å². The molecule has 3 rings (SSSR count). The minimum atomic E-state index is -0.936. The van der Waals surface area contributed by atoms with Gasteiger partial charge in [-0.1, -0.05) is 0 Å². The number of hydrogen-bond donors (Lipinski definition) is 1. The average molecular weight is 291 g/mol. The summed E-state index contributed by atoms with van der Waals surface area (Å²) in [5.74, 6) is -1.49. The van der Waals surface area contributed by atoms with Gasteiger partial charge in [0.1, 0.15) is 12.0 Å². The van der Waals surface area contributed by atoms with Crippen LogP contribution in [0, 0.1) is 11.6 Å². The molecule has 1 aromatic carbocycles. The first-order valence-electron chi connectivity index (χ1n) is 6.06. The molecular formula is C13H11F2N5O. The molecule has 21 heavy (non-hydrogen) atoms. The number of aromatic nitrogens is 3. The number of benzene rings is 1. The third-order valence-corrected chi connectivity index (χ3v) is 3.05. The fourth-order valence-corrected chi connectivity index (χ4v) is 1.87. The molecule has 0 unspecified atom stereocenters. The number of rotatable bonds is 3. The minimum absolute atomic E-state index is 0.341. The molecule has 0 bridgehead atoms. The van der Waals surface area contributed by atoms with Gasteiger partial charge < -0.3 is 8.98 Å². The van der Waals surface area contributed by atoms with Crippen LogP contribution in [-0.4, -0.2) is 20.2 Å². The number of aryl methyl sites for hydroxylation is 1. The van der Waals surface area contributed by atoms with Crippen LogP contribution < -0.4 is 5.43 Å². The lowest BCUT2D eigenvalue weighted by atomic mass is 10.3. The van der Waals surface area contributed by atoms with Crippen LogP contribution in [0.3, 0.4) is 0 Å². The highest BCUT2D eigenvalue weighted by Gasteiger charge is 2.12. The van der Waals surface area contributed by atoms with Crippen LogP contribution in [0.15, 0.2) is 34.3 Å². The Kier molecular flexibility index (Phi) is 3.13. The van der Waals surface area contributed by atoms with Gasteiger partial charge >= 0.3 is 0 Å². The Labute approximate surface area is 118 Å². The molecule has 0 aliphatic rings. The predicted octanol–water partition coefficient (Wildman–Crippen LogP) is 2.68. The number of hydrazone groups is 1. The van der Waals surface area contributed by atoms with Gasteiger partial charge in [-0.25, -0.2) is 24.2 Å². The van der Waals surface area contributed by atoms with Crippen molar-refractivity contribution in [2.24, 2.45) is 12.1 Å². The second kappa shape index (κ2) is 4.97. The van der Waals surface area contributed by atoms with Gasteiger partial charge in [0.25, 0.3) is 0 Å². The summed E-state index contributed by atoms with van der Waals surface area (Å²) in [6.45, 7) is 1.74. The molecule has 0 saturated heterocycles. The number of nitrogens with one attached hydrogen (secondary N) is 1. The third kappa shape index (κ3) is 2.35. The van der Waals surface area contributed by atoms with E-state index in [0.29, 0.717) is 28.4 Å². The molecule has 3 aromatic rings. The minimum Gasteiger partial charge on any atom is -0.451 e. The predicted molar refractivity (Wildman–Crippen MR) is 73.0 cm³/mol. The van der Waals surface area contributed by atoms with E-state index < -0.39 is 11.6 Å². The van der Waals surface area contributed by atoms with E-state index >= 15 is 0 Å². The topological polar surface area (TPSA) is 68.2 Å². The van der Waals surface area contributed by atoms with Crippen molar-refractivity contribution in [2.45, 2.75) is 6.92 Å². The summed E-state index contributed by atoms with van der Waals surface area (Å²) in [7, 11) is 1.68. The van der Waals surface area contributed by atoms with E-state index in [0.717, 1.165) is 12.1 Å². The van der Waals surface area contributed by atoms with Gasteiger partial charge in [0.15, 0.2) is 18.0 Å². The van der Waals surface area contributed by atoms with Gasteiger partial charge in [0.2, 0.25) is 5.95 Å². The molecule has 8 heteroatoms. The van der Waals surface area contributed by atoms with Crippen molar-refractivity contribution in [3.8, 4) is 0 Å². The molecule has 0 aliphatic carbocycles. The van der Waals surface area contributed by atoms with E-state index in [1.165, 1.54) is 12.7 Å². The maximum Gasteiger partial charge on any atom is 0.224 e. The number of imidazole rings is 1. The Morgan fingerprint density at radius 1 is 1.33 bits per heavy atom. The molecule has 6 nitrogen and oxygen atoms in total. The second-order valence-electron chi connectivity index (χ2n) is 4.43. The number of nitrogens with zero attached hydrogens (tertiary/aromatic N) is 4. The standard InChI is InChI=1S/C13H11F2N5O/c1-7(11-5-21-6-16-11)18-19-13-17-10-3-8(14)9(15)4-12(10)20(13)2/h3-6H,1-2H3,(H,17,19)/b18-7+. The van der Waals surface area contributed by atoms with Crippen molar-refractivity contribution in [1.82, 2.24) is 14.5 Å². The van der Waals surface area contributed by atoms with E-state index in [2.05, 4.69) is 20.5 Å². The van der Waals surface area contributed by atoms with Gasteiger partial charge in [0.05, 0.1) is 16.7 Å². The normalized spacial score (nSPS) is 12.1. The molecule has 2 aromatic heterocycles.